The molecule has 0 amide bonds. The predicted octanol–water partition coefficient (Wildman–Crippen LogP) is 4.61. The van der Waals surface area contributed by atoms with Gasteiger partial charge in [-0.25, -0.2) is 4.98 Å². The number of aromatic nitrogens is 2. The first-order valence-electron chi connectivity index (χ1n) is 10.4. The number of hydrogen-bond acceptors (Lipinski definition) is 6. The molecule has 0 fully saturated rings. The van der Waals surface area contributed by atoms with Crippen molar-refractivity contribution < 1.29 is 14.3 Å². The summed E-state index contributed by atoms with van der Waals surface area (Å²) in [5.41, 5.74) is 0.704. The maximum Gasteiger partial charge on any atom is 0.321 e. The molecular formula is C24H28N2O4S. The third kappa shape index (κ3) is 5.67. The Labute approximate surface area is 186 Å². The molecule has 31 heavy (non-hydrogen) atoms. The second kappa shape index (κ2) is 10.0. The maximum atomic E-state index is 12.7. The van der Waals surface area contributed by atoms with Gasteiger partial charge in [-0.05, 0) is 70.5 Å². The minimum Gasteiger partial charge on any atom is -0.494 e. The van der Waals surface area contributed by atoms with Gasteiger partial charge < -0.3 is 9.47 Å². The van der Waals surface area contributed by atoms with Crippen molar-refractivity contribution in [3.8, 4) is 5.75 Å². The van der Waals surface area contributed by atoms with E-state index in [2.05, 4.69) is 4.98 Å². The van der Waals surface area contributed by atoms with Crippen molar-refractivity contribution in [3.05, 3.63) is 64.7 Å². The van der Waals surface area contributed by atoms with Crippen LogP contribution in [0.4, 0.5) is 0 Å². The zero-order chi connectivity index (χ0) is 22.4. The lowest BCUT2D eigenvalue weighted by Gasteiger charge is -2.21. The first kappa shape index (κ1) is 22.9. The summed E-state index contributed by atoms with van der Waals surface area (Å²) in [5.74, 6) is 1.22. The number of hydrogen-bond donors (Lipinski definition) is 0. The van der Waals surface area contributed by atoms with Crippen LogP contribution in [0.5, 0.6) is 5.75 Å². The fourth-order valence-corrected chi connectivity index (χ4v) is 4.20. The molecule has 0 aliphatic rings. The quantitative estimate of drug-likeness (QED) is 0.275. The number of rotatable bonds is 9. The van der Waals surface area contributed by atoms with Crippen LogP contribution in [0, 0.1) is 6.92 Å². The molecule has 0 N–H and O–H groups in total. The van der Waals surface area contributed by atoms with Crippen LogP contribution in [0.1, 0.15) is 33.0 Å². The van der Waals surface area contributed by atoms with Crippen LogP contribution in [0.15, 0.2) is 58.2 Å². The summed E-state index contributed by atoms with van der Waals surface area (Å²) >= 11 is 1.46. The largest absolute Gasteiger partial charge is 0.494 e. The predicted molar refractivity (Wildman–Crippen MR) is 124 cm³/mol. The van der Waals surface area contributed by atoms with E-state index in [4.69, 9.17) is 9.47 Å². The zero-order valence-corrected chi connectivity index (χ0v) is 19.2. The molecule has 0 aliphatic carbocycles. The average Bonchev–Trinajstić information content (AvgIpc) is 2.74. The maximum absolute atomic E-state index is 12.7. The summed E-state index contributed by atoms with van der Waals surface area (Å²) < 4.78 is 12.0. The molecule has 0 radical (unpaired) electrons. The zero-order valence-electron chi connectivity index (χ0n) is 18.4. The van der Waals surface area contributed by atoms with E-state index in [0.29, 0.717) is 37.4 Å². The number of carbonyl (C=O) groups is 1. The fraction of sp³-hybridized carbons (Fsp3) is 0.375. The highest BCUT2D eigenvalue weighted by Gasteiger charge is 2.30. The van der Waals surface area contributed by atoms with Crippen LogP contribution >= 0.6 is 11.8 Å². The third-order valence-corrected chi connectivity index (χ3v) is 6.00. The number of para-hydroxylation sites is 1. The molecule has 2 aromatic carbocycles. The number of nitrogens with zero attached hydrogens (tertiary/aromatic N) is 2. The number of benzene rings is 2. The van der Waals surface area contributed by atoms with Gasteiger partial charge in [-0.15, -0.1) is 11.8 Å². The molecule has 3 rings (SSSR count). The summed E-state index contributed by atoms with van der Waals surface area (Å²) in [6.45, 7) is 8.76. The van der Waals surface area contributed by atoms with Gasteiger partial charge >= 0.3 is 5.97 Å². The molecule has 1 aromatic heterocycles. The Kier molecular flexibility index (Phi) is 7.38. The van der Waals surface area contributed by atoms with E-state index < -0.39 is 4.75 Å². The number of thioether (sulfide) groups is 1. The minimum atomic E-state index is -0.655. The van der Waals surface area contributed by atoms with E-state index in [0.717, 1.165) is 16.2 Å². The molecule has 0 saturated heterocycles. The van der Waals surface area contributed by atoms with E-state index in [9.17, 15) is 9.59 Å². The van der Waals surface area contributed by atoms with Gasteiger partial charge in [-0.2, -0.15) is 0 Å². The number of esters is 1. The summed E-state index contributed by atoms with van der Waals surface area (Å²) in [5, 5.41) is 0.632. The Morgan fingerprint density at radius 1 is 1.13 bits per heavy atom. The Balaban J connectivity index is 1.54. The van der Waals surface area contributed by atoms with Crippen molar-refractivity contribution in [2.45, 2.75) is 50.3 Å². The first-order valence-corrected chi connectivity index (χ1v) is 11.2. The number of aryl methyl sites for hydroxylation is 1. The second-order valence-electron chi connectivity index (χ2n) is 7.64. The van der Waals surface area contributed by atoms with Crippen molar-refractivity contribution >= 4 is 28.6 Å². The molecule has 0 aliphatic heterocycles. The van der Waals surface area contributed by atoms with Crippen LogP contribution in [-0.4, -0.2) is 33.5 Å². The molecule has 0 atom stereocenters. The van der Waals surface area contributed by atoms with Crippen molar-refractivity contribution in [1.29, 1.82) is 0 Å². The van der Waals surface area contributed by atoms with E-state index in [1.165, 1.54) is 11.8 Å². The highest BCUT2D eigenvalue weighted by atomic mass is 32.2. The smallest absolute Gasteiger partial charge is 0.321 e. The summed E-state index contributed by atoms with van der Waals surface area (Å²) in [6, 6.07) is 15.0. The van der Waals surface area contributed by atoms with Gasteiger partial charge in [0.1, 0.15) is 16.3 Å². The SMILES string of the molecule is CCOC(=O)C(C)(C)Sc1ccc(OCCCn2c(C)nc3ccccc3c2=O)cc1. The van der Waals surface area contributed by atoms with Gasteiger partial charge in [0.2, 0.25) is 0 Å². The lowest BCUT2D eigenvalue weighted by Crippen LogP contribution is -2.29. The Morgan fingerprint density at radius 3 is 2.55 bits per heavy atom. The molecule has 3 aromatic rings. The summed E-state index contributed by atoms with van der Waals surface area (Å²) in [7, 11) is 0. The third-order valence-electron chi connectivity index (χ3n) is 4.81. The van der Waals surface area contributed by atoms with Crippen molar-refractivity contribution in [2.75, 3.05) is 13.2 Å². The Morgan fingerprint density at radius 2 is 1.84 bits per heavy atom. The van der Waals surface area contributed by atoms with Crippen molar-refractivity contribution in [3.63, 3.8) is 0 Å². The lowest BCUT2D eigenvalue weighted by molar-refractivity contribution is -0.145. The topological polar surface area (TPSA) is 70.4 Å². The highest BCUT2D eigenvalue weighted by Crippen LogP contribution is 2.34. The van der Waals surface area contributed by atoms with Crippen LogP contribution < -0.4 is 10.3 Å². The Hall–Kier alpha value is -2.80. The molecular weight excluding hydrogens is 412 g/mol. The normalized spacial score (nSPS) is 11.5. The van der Waals surface area contributed by atoms with Gasteiger partial charge in [0.25, 0.3) is 5.56 Å². The van der Waals surface area contributed by atoms with E-state index in [1.54, 1.807) is 17.6 Å². The number of ether oxygens (including phenoxy) is 2. The van der Waals surface area contributed by atoms with Gasteiger partial charge in [0.15, 0.2) is 0 Å². The standard InChI is InChI=1S/C24H28N2O4S/c1-5-29-23(28)24(3,4)31-19-13-11-18(12-14-19)30-16-8-15-26-17(2)25-21-10-7-6-9-20(21)22(26)27/h6-7,9-14H,5,8,15-16H2,1-4H3. The van der Waals surface area contributed by atoms with E-state index in [-0.39, 0.29) is 11.5 Å². The molecule has 0 bridgehead atoms. The molecule has 0 unspecified atom stereocenters. The number of carbonyl (C=O) groups excluding carboxylic acids is 1. The van der Waals surface area contributed by atoms with Crippen LogP contribution in [0.2, 0.25) is 0 Å². The number of fused-ring (bicyclic) bond motifs is 1. The van der Waals surface area contributed by atoms with Crippen molar-refractivity contribution in [1.82, 2.24) is 9.55 Å². The Bertz CT molecular complexity index is 1110. The first-order chi connectivity index (χ1) is 14.8. The van der Waals surface area contributed by atoms with Gasteiger partial charge in [-0.1, -0.05) is 12.1 Å². The monoisotopic (exact) mass is 440 g/mol. The molecule has 7 heteroatoms. The van der Waals surface area contributed by atoms with Gasteiger partial charge in [-0.3, -0.25) is 14.2 Å². The molecule has 0 spiro atoms. The van der Waals surface area contributed by atoms with Crippen LogP contribution in [-0.2, 0) is 16.1 Å². The summed E-state index contributed by atoms with van der Waals surface area (Å²) in [6.07, 6.45) is 0.688. The fourth-order valence-electron chi connectivity index (χ4n) is 3.20. The minimum absolute atomic E-state index is 0.0197. The average molecular weight is 441 g/mol. The van der Waals surface area contributed by atoms with E-state index in [1.807, 2.05) is 63.2 Å². The van der Waals surface area contributed by atoms with Gasteiger partial charge in [0, 0.05) is 11.4 Å². The van der Waals surface area contributed by atoms with Crippen LogP contribution in [0.3, 0.4) is 0 Å². The molecule has 6 nitrogen and oxygen atoms in total. The highest BCUT2D eigenvalue weighted by molar-refractivity contribution is 8.01. The van der Waals surface area contributed by atoms with E-state index >= 15 is 0 Å². The molecule has 0 saturated carbocycles. The molecule has 164 valence electrons. The second-order valence-corrected chi connectivity index (χ2v) is 9.34. The molecule has 1 heterocycles. The lowest BCUT2D eigenvalue weighted by atomic mass is 10.2. The van der Waals surface area contributed by atoms with Crippen LogP contribution in [0.25, 0.3) is 10.9 Å². The van der Waals surface area contributed by atoms with Crippen molar-refractivity contribution in [2.24, 2.45) is 0 Å². The summed E-state index contributed by atoms with van der Waals surface area (Å²) in [4.78, 5) is 30.2. The van der Waals surface area contributed by atoms with Gasteiger partial charge in [0.05, 0.1) is 24.1 Å².